The van der Waals surface area contributed by atoms with Crippen molar-refractivity contribution in [2.24, 2.45) is 0 Å². The molecular weight excluding hydrogens is 298 g/mol. The topological polar surface area (TPSA) is 74.9 Å². The maximum atomic E-state index is 12.0. The maximum Gasteiger partial charge on any atom is 0.353 e. The first-order chi connectivity index (χ1) is 9.65. The molecule has 4 heterocycles. The van der Waals surface area contributed by atoms with E-state index in [1.54, 1.807) is 6.08 Å². The quantitative estimate of drug-likeness (QED) is 0.674. The molecule has 1 amide bonds. The van der Waals surface area contributed by atoms with Crippen molar-refractivity contribution in [3.05, 3.63) is 40.1 Å². The van der Waals surface area contributed by atoms with Gasteiger partial charge in [0.25, 0.3) is 5.91 Å². The van der Waals surface area contributed by atoms with Gasteiger partial charge in [-0.2, -0.15) is 0 Å². The van der Waals surface area contributed by atoms with Crippen molar-refractivity contribution in [3.63, 3.8) is 0 Å². The minimum absolute atomic E-state index is 0.0490. The third-order valence-electron chi connectivity index (χ3n) is 3.17. The summed E-state index contributed by atoms with van der Waals surface area (Å²) < 4.78 is 1.89. The third kappa shape index (κ3) is 1.49. The summed E-state index contributed by atoms with van der Waals surface area (Å²) in [5.41, 5.74) is 1.35. The molecule has 0 saturated carbocycles. The molecule has 2 aliphatic rings. The number of carboxylic acid groups (broad SMARTS) is 1. The molecule has 1 saturated heterocycles. The fourth-order valence-electron chi connectivity index (χ4n) is 2.24. The predicted octanol–water partition coefficient (Wildman–Crippen LogP) is 1.62. The molecule has 0 aromatic carbocycles. The van der Waals surface area contributed by atoms with Crippen LogP contribution in [0.1, 0.15) is 5.69 Å². The molecule has 0 radical (unpaired) electrons. The number of rotatable bonds is 2. The molecule has 0 unspecified atom stereocenters. The fourth-order valence-corrected chi connectivity index (χ4v) is 4.07. The summed E-state index contributed by atoms with van der Waals surface area (Å²) in [6.07, 6.45) is 5.48. The molecule has 2 aliphatic heterocycles. The van der Waals surface area contributed by atoms with Gasteiger partial charge in [0.05, 0.1) is 11.3 Å². The third-order valence-corrected chi connectivity index (χ3v) is 5.02. The van der Waals surface area contributed by atoms with E-state index >= 15 is 0 Å². The first kappa shape index (κ1) is 11.7. The number of aliphatic carboxylic acids is 1. The Bertz CT molecular complexity index is 788. The van der Waals surface area contributed by atoms with Gasteiger partial charge in [0.1, 0.15) is 11.1 Å². The average molecular weight is 305 g/mol. The van der Waals surface area contributed by atoms with Gasteiger partial charge < -0.3 is 5.11 Å². The molecule has 100 valence electrons. The van der Waals surface area contributed by atoms with E-state index in [0.29, 0.717) is 11.3 Å². The van der Waals surface area contributed by atoms with E-state index < -0.39 is 5.97 Å². The molecule has 4 rings (SSSR count). The number of carbonyl (C=O) groups is 2. The molecule has 1 atom stereocenters. The van der Waals surface area contributed by atoms with Gasteiger partial charge in [-0.1, -0.05) is 0 Å². The number of fused-ring (bicyclic) bond motifs is 2. The lowest BCUT2D eigenvalue weighted by atomic mass is 10.0. The minimum Gasteiger partial charge on any atom is -0.477 e. The van der Waals surface area contributed by atoms with Crippen molar-refractivity contribution in [1.29, 1.82) is 0 Å². The number of thiazole rings is 1. The number of thioether (sulfide) groups is 1. The highest BCUT2D eigenvalue weighted by molar-refractivity contribution is 8.03. The Kier molecular flexibility index (Phi) is 2.33. The standard InChI is InChI=1S/C12H7N3O3S2/c16-9-7(10-15(9)8(5-20-10)11(17)18)3-6-4-14-1-2-19-12(14)13-6/h1-5,10H,(H,17,18)/t10-/m0/s1. The Labute approximate surface area is 121 Å². The molecule has 1 fully saturated rings. The Hall–Kier alpha value is -2.06. The molecule has 2 aromatic heterocycles. The van der Waals surface area contributed by atoms with Gasteiger partial charge >= 0.3 is 5.97 Å². The number of β-lactam (4-membered cyclic amide) rings is 1. The highest BCUT2D eigenvalue weighted by Crippen LogP contribution is 2.44. The van der Waals surface area contributed by atoms with Gasteiger partial charge in [0.2, 0.25) is 0 Å². The van der Waals surface area contributed by atoms with Gasteiger partial charge in [0, 0.05) is 23.2 Å². The summed E-state index contributed by atoms with van der Waals surface area (Å²) in [5, 5.41) is 12.2. The van der Waals surface area contributed by atoms with Crippen LogP contribution in [0.15, 0.2) is 34.5 Å². The van der Waals surface area contributed by atoms with Crippen LogP contribution in [0, 0.1) is 0 Å². The van der Waals surface area contributed by atoms with Gasteiger partial charge in [0.15, 0.2) is 4.96 Å². The molecule has 20 heavy (non-hydrogen) atoms. The van der Waals surface area contributed by atoms with Crippen LogP contribution in [0.25, 0.3) is 11.0 Å². The highest BCUT2D eigenvalue weighted by Gasteiger charge is 2.49. The first-order valence-electron chi connectivity index (χ1n) is 5.71. The Morgan fingerprint density at radius 3 is 3.10 bits per heavy atom. The summed E-state index contributed by atoms with van der Waals surface area (Å²) in [7, 11) is 0. The lowest BCUT2D eigenvalue weighted by Crippen LogP contribution is -2.51. The number of carboxylic acids is 1. The van der Waals surface area contributed by atoms with E-state index in [-0.39, 0.29) is 17.0 Å². The van der Waals surface area contributed by atoms with Gasteiger partial charge in [-0.15, -0.1) is 23.1 Å². The second-order valence-corrected chi connectivity index (χ2v) is 6.16. The second-order valence-electron chi connectivity index (χ2n) is 4.33. The van der Waals surface area contributed by atoms with Crippen LogP contribution in [0.3, 0.4) is 0 Å². The normalized spacial score (nSPS) is 23.1. The van der Waals surface area contributed by atoms with Crippen molar-refractivity contribution < 1.29 is 14.7 Å². The van der Waals surface area contributed by atoms with E-state index in [2.05, 4.69) is 4.98 Å². The molecular formula is C12H7N3O3S2. The van der Waals surface area contributed by atoms with Crippen LogP contribution >= 0.6 is 23.1 Å². The Morgan fingerprint density at radius 1 is 1.50 bits per heavy atom. The van der Waals surface area contributed by atoms with Gasteiger partial charge in [-0.3, -0.25) is 14.1 Å². The fraction of sp³-hybridized carbons (Fsp3) is 0.0833. The summed E-state index contributed by atoms with van der Waals surface area (Å²) in [6.45, 7) is 0. The first-order valence-corrected chi connectivity index (χ1v) is 7.53. The van der Waals surface area contributed by atoms with Crippen LogP contribution < -0.4 is 0 Å². The number of imidazole rings is 1. The van der Waals surface area contributed by atoms with Crippen molar-refractivity contribution in [2.75, 3.05) is 0 Å². The number of aromatic nitrogens is 2. The van der Waals surface area contributed by atoms with E-state index in [4.69, 9.17) is 5.11 Å². The molecule has 0 spiro atoms. The van der Waals surface area contributed by atoms with Crippen LogP contribution in [-0.4, -0.2) is 36.6 Å². The monoisotopic (exact) mass is 305 g/mol. The zero-order valence-corrected chi connectivity index (χ0v) is 11.5. The van der Waals surface area contributed by atoms with Crippen molar-refractivity contribution in [1.82, 2.24) is 14.3 Å². The van der Waals surface area contributed by atoms with Crippen LogP contribution in [0.5, 0.6) is 0 Å². The largest absolute Gasteiger partial charge is 0.477 e. The average Bonchev–Trinajstić information content (AvgIpc) is 3.07. The Morgan fingerprint density at radius 2 is 2.35 bits per heavy atom. The van der Waals surface area contributed by atoms with E-state index in [1.165, 1.54) is 33.4 Å². The van der Waals surface area contributed by atoms with Crippen molar-refractivity contribution in [2.45, 2.75) is 5.37 Å². The smallest absolute Gasteiger partial charge is 0.353 e. The van der Waals surface area contributed by atoms with Crippen molar-refractivity contribution >= 4 is 46.0 Å². The summed E-state index contributed by atoms with van der Waals surface area (Å²) in [5.74, 6) is -1.33. The predicted molar refractivity (Wildman–Crippen MR) is 75.0 cm³/mol. The number of hydrogen-bond donors (Lipinski definition) is 1. The van der Waals surface area contributed by atoms with Crippen LogP contribution in [0.2, 0.25) is 0 Å². The van der Waals surface area contributed by atoms with E-state index in [9.17, 15) is 9.59 Å². The van der Waals surface area contributed by atoms with E-state index in [1.807, 2.05) is 22.2 Å². The summed E-state index contributed by atoms with van der Waals surface area (Å²) >= 11 is 2.85. The molecule has 8 heteroatoms. The number of carbonyl (C=O) groups excluding carboxylic acids is 1. The van der Waals surface area contributed by atoms with Crippen LogP contribution in [0.4, 0.5) is 0 Å². The summed E-state index contributed by atoms with van der Waals surface area (Å²) in [4.78, 5) is 29.6. The molecule has 6 nitrogen and oxygen atoms in total. The van der Waals surface area contributed by atoms with Crippen molar-refractivity contribution in [3.8, 4) is 0 Å². The molecule has 0 bridgehead atoms. The maximum absolute atomic E-state index is 12.0. The molecule has 0 aliphatic carbocycles. The summed E-state index contributed by atoms with van der Waals surface area (Å²) in [6, 6.07) is 0. The van der Waals surface area contributed by atoms with Gasteiger partial charge in [-0.05, 0) is 6.08 Å². The minimum atomic E-state index is -1.07. The SMILES string of the molecule is O=C(O)C1=CS[C@H]2C(=Cc3cn4ccsc4n3)C(=O)N12. The Balaban J connectivity index is 1.65. The zero-order chi connectivity index (χ0) is 13.9. The lowest BCUT2D eigenvalue weighted by Gasteiger charge is -2.36. The molecule has 1 N–H and O–H groups in total. The molecule has 2 aromatic rings. The van der Waals surface area contributed by atoms with E-state index in [0.717, 1.165) is 4.96 Å². The van der Waals surface area contributed by atoms with Crippen LogP contribution in [-0.2, 0) is 9.59 Å². The number of nitrogens with zero attached hydrogens (tertiary/aromatic N) is 3. The second kappa shape index (κ2) is 3.97. The lowest BCUT2D eigenvalue weighted by molar-refractivity contribution is -0.141. The zero-order valence-electron chi connectivity index (χ0n) is 9.89. The van der Waals surface area contributed by atoms with Gasteiger partial charge in [-0.25, -0.2) is 9.78 Å². The number of hydrogen-bond acceptors (Lipinski definition) is 5. The number of amides is 1. The highest BCUT2D eigenvalue weighted by atomic mass is 32.2.